The summed E-state index contributed by atoms with van der Waals surface area (Å²) < 4.78 is 4.38. The Kier molecular flexibility index (Phi) is 5.13. The summed E-state index contributed by atoms with van der Waals surface area (Å²) in [4.78, 5) is 35.4. The third-order valence-electron chi connectivity index (χ3n) is 3.16. The second kappa shape index (κ2) is 7.06. The molecule has 1 aromatic carbocycles. The summed E-state index contributed by atoms with van der Waals surface area (Å²) in [5.74, 6) is -0.939. The molecule has 2 aromatic rings. The van der Waals surface area contributed by atoms with Gasteiger partial charge in [-0.05, 0) is 36.9 Å². The Hall–Kier alpha value is -2.67. The van der Waals surface area contributed by atoms with Crippen LogP contribution in [0.4, 0.5) is 9.80 Å². The Balaban J connectivity index is 2.18. The summed E-state index contributed by atoms with van der Waals surface area (Å²) in [5.41, 5.74) is 2.65. The number of aryl methyl sites for hydroxylation is 2. The highest BCUT2D eigenvalue weighted by molar-refractivity contribution is 7.14. The zero-order chi connectivity index (χ0) is 17.0. The normalized spacial score (nSPS) is 10.0. The van der Waals surface area contributed by atoms with Crippen LogP contribution in [0.1, 0.15) is 31.8 Å². The van der Waals surface area contributed by atoms with Crippen molar-refractivity contribution in [2.24, 2.45) is 0 Å². The second-order valence-corrected chi connectivity index (χ2v) is 5.80. The quantitative estimate of drug-likeness (QED) is 0.904. The highest BCUT2D eigenvalue weighted by Crippen LogP contribution is 2.24. The van der Waals surface area contributed by atoms with E-state index < -0.39 is 12.0 Å². The van der Waals surface area contributed by atoms with E-state index in [0.717, 1.165) is 11.1 Å². The number of thiophene rings is 1. The average Bonchev–Trinajstić information content (AvgIpc) is 2.95. The van der Waals surface area contributed by atoms with Crippen LogP contribution < -0.4 is 10.6 Å². The first-order chi connectivity index (χ1) is 10.9. The van der Waals surface area contributed by atoms with Crippen LogP contribution in [0, 0.1) is 13.8 Å². The van der Waals surface area contributed by atoms with Gasteiger partial charge in [-0.15, -0.1) is 11.3 Å². The van der Waals surface area contributed by atoms with Gasteiger partial charge in [0.25, 0.3) is 11.8 Å². The van der Waals surface area contributed by atoms with Crippen LogP contribution >= 0.6 is 11.3 Å². The fourth-order valence-corrected chi connectivity index (χ4v) is 2.81. The standard InChI is InChI=1S/C16H16N2O4S/c1-9-4-5-11(10(2)8-9)13(19)17-15-12(6-7-23-15)14(20)18-16(21)22-3/h4-8H,1-3H3,(H,17,19)(H,18,20,21). The molecule has 0 aliphatic heterocycles. The van der Waals surface area contributed by atoms with Crippen molar-refractivity contribution in [3.8, 4) is 0 Å². The van der Waals surface area contributed by atoms with Crippen LogP contribution in [0.5, 0.6) is 0 Å². The maximum Gasteiger partial charge on any atom is 0.413 e. The number of hydrogen-bond donors (Lipinski definition) is 2. The molecular formula is C16H16N2O4S. The van der Waals surface area contributed by atoms with E-state index in [1.165, 1.54) is 24.5 Å². The Labute approximate surface area is 137 Å². The fraction of sp³-hybridized carbons (Fsp3) is 0.188. The highest BCUT2D eigenvalue weighted by Gasteiger charge is 2.18. The Morgan fingerprint density at radius 1 is 1.04 bits per heavy atom. The minimum absolute atomic E-state index is 0.207. The number of amides is 3. The number of rotatable bonds is 3. The predicted molar refractivity (Wildman–Crippen MR) is 88.1 cm³/mol. The Morgan fingerprint density at radius 3 is 2.43 bits per heavy atom. The third kappa shape index (κ3) is 3.95. The smallest absolute Gasteiger partial charge is 0.413 e. The van der Waals surface area contributed by atoms with Crippen LogP contribution in [0.25, 0.3) is 0 Å². The van der Waals surface area contributed by atoms with Gasteiger partial charge in [-0.2, -0.15) is 0 Å². The van der Waals surface area contributed by atoms with E-state index in [-0.39, 0.29) is 11.5 Å². The van der Waals surface area contributed by atoms with E-state index >= 15 is 0 Å². The first-order valence-corrected chi connectivity index (χ1v) is 7.65. The number of alkyl carbamates (subject to hydrolysis) is 1. The zero-order valence-electron chi connectivity index (χ0n) is 12.9. The first kappa shape index (κ1) is 16.7. The topological polar surface area (TPSA) is 84.5 Å². The van der Waals surface area contributed by atoms with Gasteiger partial charge in [-0.25, -0.2) is 4.79 Å². The molecule has 0 spiro atoms. The first-order valence-electron chi connectivity index (χ1n) is 6.77. The molecule has 0 aliphatic carbocycles. The van der Waals surface area contributed by atoms with Crippen LogP contribution in [0.15, 0.2) is 29.6 Å². The number of carbonyl (C=O) groups excluding carboxylic acids is 3. The van der Waals surface area contributed by atoms with Crippen LogP contribution in [-0.2, 0) is 4.74 Å². The summed E-state index contributed by atoms with van der Waals surface area (Å²) in [6.07, 6.45) is -0.854. The summed E-state index contributed by atoms with van der Waals surface area (Å²) in [6.45, 7) is 3.80. The monoisotopic (exact) mass is 332 g/mol. The van der Waals surface area contributed by atoms with Crippen LogP contribution in [0.3, 0.4) is 0 Å². The minimum Gasteiger partial charge on any atom is -0.453 e. The van der Waals surface area contributed by atoms with Gasteiger partial charge in [0, 0.05) is 5.56 Å². The molecule has 0 saturated carbocycles. The lowest BCUT2D eigenvalue weighted by Gasteiger charge is -2.09. The van der Waals surface area contributed by atoms with Crippen molar-refractivity contribution in [1.29, 1.82) is 0 Å². The van der Waals surface area contributed by atoms with Crippen molar-refractivity contribution in [1.82, 2.24) is 5.32 Å². The molecule has 0 atom stereocenters. The second-order valence-electron chi connectivity index (χ2n) is 4.88. The summed E-state index contributed by atoms with van der Waals surface area (Å²) in [5, 5.41) is 6.79. The number of methoxy groups -OCH3 is 1. The molecule has 1 heterocycles. The molecule has 0 bridgehead atoms. The number of benzene rings is 1. The van der Waals surface area contributed by atoms with Gasteiger partial charge in [0.1, 0.15) is 5.00 Å². The highest BCUT2D eigenvalue weighted by atomic mass is 32.1. The molecule has 2 N–H and O–H groups in total. The van der Waals surface area contributed by atoms with Crippen molar-refractivity contribution in [3.63, 3.8) is 0 Å². The molecule has 0 fully saturated rings. The molecule has 2 rings (SSSR count). The van der Waals surface area contributed by atoms with Gasteiger partial charge >= 0.3 is 6.09 Å². The molecule has 6 nitrogen and oxygen atoms in total. The number of imide groups is 1. The van der Waals surface area contributed by atoms with Crippen LogP contribution in [-0.4, -0.2) is 25.0 Å². The lowest BCUT2D eigenvalue weighted by Crippen LogP contribution is -2.30. The lowest BCUT2D eigenvalue weighted by molar-refractivity contribution is 0.0938. The van der Waals surface area contributed by atoms with Gasteiger partial charge in [0.05, 0.1) is 12.7 Å². The molecule has 3 amide bonds. The van der Waals surface area contributed by atoms with Gasteiger partial charge in [-0.1, -0.05) is 17.7 Å². The number of hydrogen-bond acceptors (Lipinski definition) is 5. The summed E-state index contributed by atoms with van der Waals surface area (Å²) in [7, 11) is 1.17. The fourth-order valence-electron chi connectivity index (χ4n) is 2.03. The summed E-state index contributed by atoms with van der Waals surface area (Å²) >= 11 is 1.20. The molecule has 23 heavy (non-hydrogen) atoms. The largest absolute Gasteiger partial charge is 0.453 e. The Morgan fingerprint density at radius 2 is 1.78 bits per heavy atom. The van der Waals surface area contributed by atoms with E-state index in [4.69, 9.17) is 0 Å². The number of carbonyl (C=O) groups is 3. The SMILES string of the molecule is COC(=O)NC(=O)c1ccsc1NC(=O)c1ccc(C)cc1C. The van der Waals surface area contributed by atoms with Crippen molar-refractivity contribution < 1.29 is 19.1 Å². The molecule has 0 saturated heterocycles. The predicted octanol–water partition coefficient (Wildman–Crippen LogP) is 3.11. The van der Waals surface area contributed by atoms with Gasteiger partial charge in [-0.3, -0.25) is 14.9 Å². The number of nitrogens with one attached hydrogen (secondary N) is 2. The molecule has 0 unspecified atom stereocenters. The van der Waals surface area contributed by atoms with E-state index in [9.17, 15) is 14.4 Å². The van der Waals surface area contributed by atoms with Gasteiger partial charge in [0.15, 0.2) is 0 Å². The third-order valence-corrected chi connectivity index (χ3v) is 3.99. The van der Waals surface area contributed by atoms with Crippen molar-refractivity contribution in [2.75, 3.05) is 12.4 Å². The van der Waals surface area contributed by atoms with E-state index in [0.29, 0.717) is 10.6 Å². The molecule has 7 heteroatoms. The maximum atomic E-state index is 12.4. The molecule has 1 aromatic heterocycles. The number of anilines is 1. The Bertz CT molecular complexity index is 767. The summed E-state index contributed by atoms with van der Waals surface area (Å²) in [6, 6.07) is 7.03. The average molecular weight is 332 g/mol. The molecule has 0 aliphatic rings. The maximum absolute atomic E-state index is 12.4. The van der Waals surface area contributed by atoms with Crippen molar-refractivity contribution in [3.05, 3.63) is 51.9 Å². The van der Waals surface area contributed by atoms with Gasteiger partial charge < -0.3 is 10.1 Å². The zero-order valence-corrected chi connectivity index (χ0v) is 13.7. The van der Waals surface area contributed by atoms with Gasteiger partial charge in [0.2, 0.25) is 0 Å². The molecule has 0 radical (unpaired) electrons. The molecule has 120 valence electrons. The van der Waals surface area contributed by atoms with Crippen molar-refractivity contribution >= 4 is 34.2 Å². The van der Waals surface area contributed by atoms with E-state index in [1.807, 2.05) is 26.0 Å². The lowest BCUT2D eigenvalue weighted by atomic mass is 10.1. The number of ether oxygens (including phenoxy) is 1. The van der Waals surface area contributed by atoms with Crippen LogP contribution in [0.2, 0.25) is 0 Å². The van der Waals surface area contributed by atoms with Crippen molar-refractivity contribution in [2.45, 2.75) is 13.8 Å². The van der Waals surface area contributed by atoms with E-state index in [1.54, 1.807) is 11.4 Å². The van der Waals surface area contributed by atoms with E-state index in [2.05, 4.69) is 15.4 Å². The molecular weight excluding hydrogens is 316 g/mol. The minimum atomic E-state index is -0.854.